The fraction of sp³-hybridized carbons (Fsp3) is 0.583. The van der Waals surface area contributed by atoms with Crippen LogP contribution in [0.3, 0.4) is 0 Å². The van der Waals surface area contributed by atoms with E-state index in [1.165, 1.54) is 44.9 Å². The Morgan fingerprint density at radius 2 is 1.24 bits per heavy atom. The van der Waals surface area contributed by atoms with Crippen molar-refractivity contribution >= 4 is 0 Å². The molecule has 0 radical (unpaired) electrons. The van der Waals surface area contributed by atoms with E-state index in [1.807, 2.05) is 0 Å². The van der Waals surface area contributed by atoms with Gasteiger partial charge in [-0.25, -0.2) is 31.7 Å². The maximum atomic E-state index is 2.41. The van der Waals surface area contributed by atoms with Crippen LogP contribution in [0.4, 0.5) is 0 Å². The van der Waals surface area contributed by atoms with Gasteiger partial charge in [0.15, 0.2) is 0 Å². The quantitative estimate of drug-likeness (QED) is 0.367. The van der Waals surface area contributed by atoms with Crippen molar-refractivity contribution in [2.45, 2.75) is 93.4 Å². The van der Waals surface area contributed by atoms with Crippen molar-refractivity contribution in [2.75, 3.05) is 0 Å². The summed E-state index contributed by atoms with van der Waals surface area (Å²) in [6.07, 6.45) is 8.34. The maximum absolute atomic E-state index is 2.41. The molecular formula is C24H38Fe-6. The average molecular weight is 382 g/mol. The van der Waals surface area contributed by atoms with Gasteiger partial charge in [0.1, 0.15) is 0 Å². The molecule has 0 saturated heterocycles. The molecule has 0 N–H and O–H groups in total. The molecule has 0 bridgehead atoms. The Hall–Kier alpha value is -0.781. The third-order valence-electron chi connectivity index (χ3n) is 5.33. The maximum Gasteiger partial charge on any atom is 0 e. The van der Waals surface area contributed by atoms with E-state index in [0.29, 0.717) is 0 Å². The molecule has 0 unspecified atom stereocenters. The fourth-order valence-corrected chi connectivity index (χ4v) is 4.01. The minimum Gasteiger partial charge on any atom is -0.742 e. The summed E-state index contributed by atoms with van der Waals surface area (Å²) in [5.74, 6) is 0. The van der Waals surface area contributed by atoms with E-state index in [0.717, 1.165) is 0 Å². The van der Waals surface area contributed by atoms with Crippen LogP contribution in [0, 0.1) is 0 Å². The van der Waals surface area contributed by atoms with Crippen LogP contribution in [0.25, 0.3) is 0 Å². The third-order valence-corrected chi connectivity index (χ3v) is 5.33. The predicted molar refractivity (Wildman–Crippen MR) is 110 cm³/mol. The van der Waals surface area contributed by atoms with Crippen molar-refractivity contribution in [3.8, 4) is 0 Å². The van der Waals surface area contributed by atoms with Crippen molar-refractivity contribution in [3.63, 3.8) is 0 Å². The Bertz CT molecular complexity index is 550. The summed E-state index contributed by atoms with van der Waals surface area (Å²) in [6.45, 7) is 15.8. The summed E-state index contributed by atoms with van der Waals surface area (Å²) in [5, 5.41) is 0. The third kappa shape index (κ3) is 5.87. The van der Waals surface area contributed by atoms with Crippen molar-refractivity contribution in [2.24, 2.45) is 0 Å². The van der Waals surface area contributed by atoms with Gasteiger partial charge in [-0.1, -0.05) is 67.7 Å². The molecule has 2 aromatic carbocycles. The van der Waals surface area contributed by atoms with E-state index >= 15 is 0 Å². The topological polar surface area (TPSA) is 0 Å². The SMILES string of the molecule is CC[c-]1[cH-][c-](CC)[c-](CC)[c-]1CC.CCc1cc[c-](CC)c1CC.[Fe]. The van der Waals surface area contributed by atoms with E-state index in [-0.39, 0.29) is 17.1 Å². The van der Waals surface area contributed by atoms with E-state index < -0.39 is 0 Å². The van der Waals surface area contributed by atoms with Crippen LogP contribution < -0.4 is 0 Å². The molecule has 1 heteroatoms. The Morgan fingerprint density at radius 1 is 0.720 bits per heavy atom. The second-order valence-corrected chi connectivity index (χ2v) is 6.49. The Labute approximate surface area is 167 Å². The number of aryl methyl sites for hydroxylation is 4. The second-order valence-electron chi connectivity index (χ2n) is 6.49. The normalized spacial score (nSPS) is 10.2. The minimum absolute atomic E-state index is 0. The Balaban J connectivity index is 0.000000449. The summed E-state index contributed by atoms with van der Waals surface area (Å²) in [5.41, 5.74) is 11.1. The molecule has 0 spiro atoms. The predicted octanol–water partition coefficient (Wildman–Crippen LogP) is 6.75. The molecule has 0 atom stereocenters. The van der Waals surface area contributed by atoms with Crippen LogP contribution in [-0.2, 0) is 62.0 Å². The summed E-state index contributed by atoms with van der Waals surface area (Å²) < 4.78 is 0. The molecule has 25 heavy (non-hydrogen) atoms. The molecule has 2 rings (SSSR count). The van der Waals surface area contributed by atoms with Gasteiger partial charge >= 0.3 is 0 Å². The van der Waals surface area contributed by atoms with E-state index in [4.69, 9.17) is 0 Å². The van der Waals surface area contributed by atoms with E-state index in [9.17, 15) is 0 Å². The smallest absolute Gasteiger partial charge is 0 e. The molecule has 0 heterocycles. The minimum atomic E-state index is 0. The van der Waals surface area contributed by atoms with Gasteiger partial charge < -0.3 is 28.3 Å². The monoisotopic (exact) mass is 382 g/mol. The zero-order valence-corrected chi connectivity index (χ0v) is 18.6. The van der Waals surface area contributed by atoms with Crippen molar-refractivity contribution in [1.29, 1.82) is 0 Å². The summed E-state index contributed by atoms with van der Waals surface area (Å²) in [6, 6.07) is 6.97. The van der Waals surface area contributed by atoms with E-state index in [1.54, 1.807) is 38.9 Å². The van der Waals surface area contributed by atoms with Crippen LogP contribution in [0.15, 0.2) is 18.2 Å². The molecule has 0 nitrogen and oxygen atoms in total. The van der Waals surface area contributed by atoms with Gasteiger partial charge in [-0.2, -0.15) is 22.8 Å². The number of rotatable bonds is 7. The first-order chi connectivity index (χ1) is 11.6. The number of hydrogen-bond donors (Lipinski definition) is 0. The zero-order valence-electron chi connectivity index (χ0n) is 17.5. The van der Waals surface area contributed by atoms with Crippen LogP contribution in [0.1, 0.15) is 87.4 Å². The fourth-order valence-electron chi connectivity index (χ4n) is 4.01. The molecule has 0 aromatic heterocycles. The van der Waals surface area contributed by atoms with Gasteiger partial charge in [0.05, 0.1) is 0 Å². The van der Waals surface area contributed by atoms with E-state index in [2.05, 4.69) is 66.7 Å². The molecule has 0 amide bonds. The molecule has 0 fully saturated rings. The summed E-state index contributed by atoms with van der Waals surface area (Å²) in [4.78, 5) is 0. The van der Waals surface area contributed by atoms with Crippen molar-refractivity contribution < 1.29 is 17.1 Å². The Morgan fingerprint density at radius 3 is 1.56 bits per heavy atom. The van der Waals surface area contributed by atoms with Gasteiger partial charge in [0.25, 0.3) is 0 Å². The number of hydrogen-bond acceptors (Lipinski definition) is 0. The van der Waals surface area contributed by atoms with Crippen molar-refractivity contribution in [3.05, 3.63) is 57.1 Å². The molecule has 0 aliphatic heterocycles. The van der Waals surface area contributed by atoms with Gasteiger partial charge in [-0.05, 0) is 0 Å². The zero-order chi connectivity index (χ0) is 18.1. The first kappa shape index (κ1) is 24.2. The van der Waals surface area contributed by atoms with Crippen LogP contribution in [0.5, 0.6) is 0 Å². The van der Waals surface area contributed by atoms with Crippen LogP contribution in [0.2, 0.25) is 0 Å². The molecule has 2 aromatic rings. The molecule has 0 aliphatic carbocycles. The van der Waals surface area contributed by atoms with Gasteiger partial charge in [0, 0.05) is 17.1 Å². The summed E-state index contributed by atoms with van der Waals surface area (Å²) >= 11 is 0. The van der Waals surface area contributed by atoms with Gasteiger partial charge in [-0.15, -0.1) is 0 Å². The van der Waals surface area contributed by atoms with Crippen LogP contribution in [-0.4, -0.2) is 0 Å². The Kier molecular flexibility index (Phi) is 12.2. The first-order valence-corrected chi connectivity index (χ1v) is 10.2. The second kappa shape index (κ2) is 12.6. The molecule has 0 aliphatic rings. The average Bonchev–Trinajstić information content (AvgIpc) is 3.20. The first-order valence-electron chi connectivity index (χ1n) is 10.2. The molecular weight excluding hydrogens is 344 g/mol. The summed E-state index contributed by atoms with van der Waals surface area (Å²) in [7, 11) is 0. The molecule has 0 saturated carbocycles. The van der Waals surface area contributed by atoms with Gasteiger partial charge in [-0.3, -0.25) is 0 Å². The standard InChI is InChI=1S/C13H21.C11H17.Fe/c1-5-10-9-11(6-2)13(8-4)12(10)7-3;1-4-9-7-8-10(5-2)11(9)6-3;/h9H,5-8H2,1-4H3;7-8H,4-6H2,1-3H3;/q-5;-1;. The van der Waals surface area contributed by atoms with Crippen molar-refractivity contribution in [1.82, 2.24) is 0 Å². The molecule has 148 valence electrons. The van der Waals surface area contributed by atoms with Crippen LogP contribution >= 0.6 is 0 Å². The largest absolute Gasteiger partial charge is 0.742 e. The van der Waals surface area contributed by atoms with Gasteiger partial charge in [0.2, 0.25) is 0 Å².